The van der Waals surface area contributed by atoms with Gasteiger partial charge in [0.2, 0.25) is 17.8 Å². The van der Waals surface area contributed by atoms with Crippen molar-refractivity contribution in [1.82, 2.24) is 40.5 Å². The van der Waals surface area contributed by atoms with Gasteiger partial charge in [-0.1, -0.05) is 26.0 Å². The number of aryl methyl sites for hydroxylation is 2. The van der Waals surface area contributed by atoms with Gasteiger partial charge in [-0.3, -0.25) is 19.5 Å². The molecule has 66 heavy (non-hydrogen) atoms. The van der Waals surface area contributed by atoms with Crippen molar-refractivity contribution < 1.29 is 23.3 Å². The van der Waals surface area contributed by atoms with Gasteiger partial charge in [0.1, 0.15) is 30.6 Å². The van der Waals surface area contributed by atoms with E-state index in [1.165, 1.54) is 10.1 Å². The number of nitrogens with one attached hydrogen (secondary N) is 5. The quantitative estimate of drug-likeness (QED) is 0.0344. The number of rotatable bonds is 18. The number of para-hydroxylation sites is 1. The van der Waals surface area contributed by atoms with E-state index in [0.29, 0.717) is 76.1 Å². The fraction of sp³-hybridized carbons (Fsp3) is 0.426. The lowest BCUT2D eigenvalue weighted by molar-refractivity contribution is -0.135. The van der Waals surface area contributed by atoms with Crippen LogP contribution in [0.1, 0.15) is 69.4 Å². The molecule has 8 rings (SSSR count). The number of anilines is 5. The molecule has 0 saturated carbocycles. The number of benzene rings is 3. The van der Waals surface area contributed by atoms with Crippen LogP contribution in [0.4, 0.5) is 28.8 Å². The van der Waals surface area contributed by atoms with E-state index in [4.69, 9.17) is 14.1 Å². The molecule has 1 atom stereocenters. The third-order valence-electron chi connectivity index (χ3n) is 12.1. The minimum Gasteiger partial charge on any atom is -0.492 e. The molecule has 2 fully saturated rings. The maximum atomic E-state index is 13.7. The Bertz CT molecular complexity index is 2870. The summed E-state index contributed by atoms with van der Waals surface area (Å²) in [6, 6.07) is 13.3. The number of fused-ring (bicyclic) bond motifs is 2. The predicted octanol–water partition coefficient (Wildman–Crippen LogP) is 6.72. The molecular formula is C47H57BrN11O6P. The van der Waals surface area contributed by atoms with Crippen LogP contribution in [0.3, 0.4) is 0 Å². The first-order valence-corrected chi connectivity index (χ1v) is 26.1. The molecule has 17 nitrogen and oxygen atoms in total. The van der Waals surface area contributed by atoms with Gasteiger partial charge >= 0.3 is 5.76 Å². The van der Waals surface area contributed by atoms with Crippen LogP contribution in [-0.4, -0.2) is 95.0 Å². The molecule has 5 N–H and O–H groups in total. The number of oxazole rings is 1. The highest BCUT2D eigenvalue weighted by Crippen LogP contribution is 2.42. The largest absolute Gasteiger partial charge is 0.492 e. The Hall–Kier alpha value is -5.68. The van der Waals surface area contributed by atoms with Gasteiger partial charge in [0.05, 0.1) is 33.5 Å². The summed E-state index contributed by atoms with van der Waals surface area (Å²) in [6.45, 7) is 14.2. The zero-order valence-electron chi connectivity index (χ0n) is 38.0. The first-order chi connectivity index (χ1) is 31.8. The number of piperidine rings is 2. The minimum absolute atomic E-state index is 0.179. The molecule has 0 bridgehead atoms. The van der Waals surface area contributed by atoms with Gasteiger partial charge in [0, 0.05) is 79.9 Å². The molecule has 19 heteroatoms. The lowest BCUT2D eigenvalue weighted by atomic mass is 10.0. The second kappa shape index (κ2) is 20.5. The highest BCUT2D eigenvalue weighted by Gasteiger charge is 2.32. The lowest BCUT2D eigenvalue weighted by Crippen LogP contribution is -2.44. The van der Waals surface area contributed by atoms with Crippen molar-refractivity contribution in [2.24, 2.45) is 0 Å². The third-order valence-corrected chi connectivity index (χ3v) is 14.3. The zero-order valence-corrected chi connectivity index (χ0v) is 40.5. The van der Waals surface area contributed by atoms with Crippen molar-refractivity contribution in [3.63, 3.8) is 0 Å². The monoisotopic (exact) mass is 981 g/mol. The normalized spacial score (nSPS) is 16.0. The first-order valence-electron chi connectivity index (χ1n) is 22.7. The number of aromatic nitrogens is 5. The third kappa shape index (κ3) is 10.3. The molecule has 0 aliphatic carbocycles. The average Bonchev–Trinajstić information content (AvgIpc) is 3.64. The predicted molar refractivity (Wildman–Crippen MR) is 263 cm³/mol. The summed E-state index contributed by atoms with van der Waals surface area (Å²) < 4.78 is 27.6. The number of hydrogen-bond acceptors (Lipinski definition) is 15. The van der Waals surface area contributed by atoms with Gasteiger partial charge in [-0.2, -0.15) is 4.98 Å². The first kappa shape index (κ1) is 46.8. The van der Waals surface area contributed by atoms with Crippen molar-refractivity contribution in [2.75, 3.05) is 68.2 Å². The maximum Gasteiger partial charge on any atom is 0.420 e. The number of nitrogens with zero attached hydrogens (tertiary/aromatic N) is 6. The second-order valence-corrected chi connectivity index (χ2v) is 21.0. The highest BCUT2D eigenvalue weighted by atomic mass is 79.9. The Kier molecular flexibility index (Phi) is 14.5. The number of hydrogen-bond donors (Lipinski definition) is 5. The van der Waals surface area contributed by atoms with Gasteiger partial charge in [-0.05, 0) is 110 Å². The number of halogens is 1. The molecule has 3 aromatic heterocycles. The Morgan fingerprint density at radius 2 is 1.73 bits per heavy atom. The van der Waals surface area contributed by atoms with Crippen LogP contribution in [0.5, 0.6) is 5.75 Å². The average molecular weight is 983 g/mol. The number of ether oxygens (including phenoxy) is 1. The van der Waals surface area contributed by atoms with Crippen LogP contribution >= 0.6 is 23.1 Å². The smallest absolute Gasteiger partial charge is 0.420 e. The van der Waals surface area contributed by atoms with Gasteiger partial charge in [0.15, 0.2) is 5.58 Å². The molecule has 0 radical (unpaired) electrons. The summed E-state index contributed by atoms with van der Waals surface area (Å²) in [5.41, 5.74) is 6.45. The van der Waals surface area contributed by atoms with Crippen molar-refractivity contribution in [2.45, 2.75) is 77.8 Å². The van der Waals surface area contributed by atoms with E-state index in [1.54, 1.807) is 31.8 Å². The molecule has 5 heterocycles. The molecule has 2 saturated heterocycles. The van der Waals surface area contributed by atoms with Crippen molar-refractivity contribution in [3.05, 3.63) is 86.8 Å². The summed E-state index contributed by atoms with van der Waals surface area (Å²) in [5, 5.41) is 17.8. The van der Waals surface area contributed by atoms with Crippen molar-refractivity contribution >= 4 is 91.0 Å². The molecule has 6 aromatic rings. The van der Waals surface area contributed by atoms with E-state index in [2.05, 4.69) is 81.4 Å². The van der Waals surface area contributed by atoms with Gasteiger partial charge in [0.25, 0.3) is 0 Å². The number of imide groups is 1. The van der Waals surface area contributed by atoms with Gasteiger partial charge < -0.3 is 39.9 Å². The summed E-state index contributed by atoms with van der Waals surface area (Å²) >= 11 is 3.62. The standard InChI is InChI=1S/C47H57BrN11O6P/c1-6-28-24-35(55-46-52-27-32(48)44(57-46)54-34-13-12-33-31(43(34)66(4,5)63)26-51-40(7-2)53-33)39(64-8-3)25-38(28)58-22-17-30(18-23-58)50-21-20-49-19-16-29-10-9-11-36-42(29)65-47(62)59(36)37-14-15-41(60)56-45(37)61/h9-13,24-27,30,37,49-50H,6-8,14-23H2,1-5H3,(H,56,60,61)(H2,52,54,55,57). The number of amides is 2. The maximum absolute atomic E-state index is 13.7. The SMILES string of the molecule is CCOc1cc(N2CCC(NCCNCCc3cccc4c3oc(=O)n4C3CCC(=O)NC3=O)CC2)c(CC)cc1Nc1ncc(Br)c(Nc2ccc3nc(CC)ncc3c2P(C)(C)=O)n1. The Morgan fingerprint density at radius 3 is 2.47 bits per heavy atom. The highest BCUT2D eigenvalue weighted by molar-refractivity contribution is 9.10. The molecule has 2 aliphatic heterocycles. The van der Waals surface area contributed by atoms with E-state index < -0.39 is 24.8 Å². The fourth-order valence-corrected chi connectivity index (χ4v) is 10.6. The van der Waals surface area contributed by atoms with Crippen LogP contribution in [0, 0.1) is 0 Å². The van der Waals surface area contributed by atoms with E-state index >= 15 is 0 Å². The van der Waals surface area contributed by atoms with Crippen LogP contribution in [0.25, 0.3) is 22.0 Å². The second-order valence-electron chi connectivity index (χ2n) is 17.0. The molecular weight excluding hydrogens is 925 g/mol. The van der Waals surface area contributed by atoms with Crippen LogP contribution in [-0.2, 0) is 33.4 Å². The number of carbonyl (C=O) groups is 2. The van der Waals surface area contributed by atoms with E-state index in [1.807, 2.05) is 38.1 Å². The van der Waals surface area contributed by atoms with Crippen molar-refractivity contribution in [1.29, 1.82) is 0 Å². The van der Waals surface area contributed by atoms with E-state index in [0.717, 1.165) is 79.1 Å². The molecule has 2 aliphatic rings. The fourth-order valence-electron chi connectivity index (χ4n) is 8.88. The van der Waals surface area contributed by atoms with Gasteiger partial charge in [-0.25, -0.2) is 19.7 Å². The van der Waals surface area contributed by atoms with Crippen LogP contribution in [0.15, 0.2) is 68.5 Å². The summed E-state index contributed by atoms with van der Waals surface area (Å²) in [7, 11) is -2.78. The van der Waals surface area contributed by atoms with Crippen molar-refractivity contribution in [3.8, 4) is 5.75 Å². The topological polar surface area (TPSA) is 211 Å². The summed E-state index contributed by atoms with van der Waals surface area (Å²) in [6.07, 6.45) is 8.07. The molecule has 348 valence electrons. The lowest BCUT2D eigenvalue weighted by Gasteiger charge is -2.35. The summed E-state index contributed by atoms with van der Waals surface area (Å²) in [4.78, 5) is 58.1. The molecule has 0 spiro atoms. The van der Waals surface area contributed by atoms with Crippen LogP contribution in [0.2, 0.25) is 0 Å². The Labute approximate surface area is 391 Å². The van der Waals surface area contributed by atoms with Crippen LogP contribution < -0.4 is 47.3 Å². The Morgan fingerprint density at radius 1 is 0.909 bits per heavy atom. The van der Waals surface area contributed by atoms with Gasteiger partial charge in [-0.15, -0.1) is 0 Å². The molecule has 1 unspecified atom stereocenters. The molecule has 3 aromatic carbocycles. The van der Waals surface area contributed by atoms with E-state index in [-0.39, 0.29) is 18.7 Å². The minimum atomic E-state index is -2.78. The molecule has 2 amide bonds. The van der Waals surface area contributed by atoms with E-state index in [9.17, 15) is 18.9 Å². The number of carbonyl (C=O) groups excluding carboxylic acids is 2. The Balaban J connectivity index is 0.865. The summed E-state index contributed by atoms with van der Waals surface area (Å²) in [5.74, 6) is 0.927. The zero-order chi connectivity index (χ0) is 46.5.